The first-order chi connectivity index (χ1) is 13.1. The summed E-state index contributed by atoms with van der Waals surface area (Å²) in [5.41, 5.74) is 1.07. The van der Waals surface area contributed by atoms with E-state index < -0.39 is 5.97 Å². The highest BCUT2D eigenvalue weighted by Gasteiger charge is 2.42. The lowest BCUT2D eigenvalue weighted by molar-refractivity contribution is -0.113. The fraction of sp³-hybridized carbons (Fsp3) is 0.500. The average molecular weight is 387 g/mol. The second-order valence-corrected chi connectivity index (χ2v) is 8.00. The fourth-order valence-corrected chi connectivity index (χ4v) is 4.86. The first-order valence-corrected chi connectivity index (χ1v) is 10.0. The van der Waals surface area contributed by atoms with Gasteiger partial charge in [-0.25, -0.2) is 9.48 Å². The highest BCUT2D eigenvalue weighted by atomic mass is 32.2. The normalized spacial score (nSPS) is 23.4. The average Bonchev–Trinajstić information content (AvgIpc) is 3.42. The van der Waals surface area contributed by atoms with Gasteiger partial charge in [-0.3, -0.25) is 4.79 Å². The van der Waals surface area contributed by atoms with Gasteiger partial charge in [-0.1, -0.05) is 18.2 Å². The molecule has 8 nitrogen and oxygen atoms in total. The van der Waals surface area contributed by atoms with E-state index in [1.54, 1.807) is 24.3 Å². The van der Waals surface area contributed by atoms with Crippen LogP contribution in [0.15, 0.2) is 29.4 Å². The Morgan fingerprint density at radius 2 is 2.07 bits per heavy atom. The molecule has 1 aromatic carbocycles. The number of nitrogens with zero attached hydrogens (tertiary/aromatic N) is 4. The molecule has 0 saturated heterocycles. The van der Waals surface area contributed by atoms with Crippen molar-refractivity contribution >= 4 is 29.3 Å². The molecule has 2 saturated carbocycles. The molecular weight excluding hydrogens is 366 g/mol. The van der Waals surface area contributed by atoms with Crippen LogP contribution in [0, 0.1) is 11.8 Å². The van der Waals surface area contributed by atoms with E-state index in [4.69, 9.17) is 0 Å². The van der Waals surface area contributed by atoms with Crippen LogP contribution < -0.4 is 5.32 Å². The molecule has 2 fully saturated rings. The monoisotopic (exact) mass is 387 g/mol. The van der Waals surface area contributed by atoms with Crippen LogP contribution in [0.2, 0.25) is 0 Å². The molecule has 2 aromatic rings. The third kappa shape index (κ3) is 3.83. The smallest absolute Gasteiger partial charge is 0.337 e. The van der Waals surface area contributed by atoms with Crippen LogP contribution in [0.3, 0.4) is 0 Å². The molecule has 0 aliphatic heterocycles. The van der Waals surface area contributed by atoms with E-state index in [-0.39, 0.29) is 11.7 Å². The minimum atomic E-state index is -0.407. The van der Waals surface area contributed by atoms with Crippen LogP contribution >= 0.6 is 11.8 Å². The van der Waals surface area contributed by atoms with Crippen molar-refractivity contribution in [2.75, 3.05) is 18.2 Å². The topological polar surface area (TPSA) is 99.0 Å². The van der Waals surface area contributed by atoms with Gasteiger partial charge in [0, 0.05) is 5.69 Å². The standard InChI is InChI=1S/C18H21N5O3S/c1-26-17(25)12-4-6-14(7-5-12)19-16(24)10-27-18-20-21-22-23(18)15-9-11-2-3-13(15)8-11/h4-7,11,13,15H,2-3,8-10H2,1H3,(H,19,24). The molecule has 0 spiro atoms. The maximum absolute atomic E-state index is 12.2. The Morgan fingerprint density at radius 1 is 1.26 bits per heavy atom. The number of rotatable bonds is 6. The number of tetrazole rings is 1. The number of fused-ring (bicyclic) bond motifs is 2. The Labute approximate surface area is 161 Å². The van der Waals surface area contributed by atoms with Crippen molar-refractivity contribution in [2.45, 2.75) is 36.9 Å². The Bertz CT molecular complexity index is 838. The van der Waals surface area contributed by atoms with Crippen LogP contribution in [0.1, 0.15) is 42.1 Å². The van der Waals surface area contributed by atoms with Gasteiger partial charge in [-0.05, 0) is 65.8 Å². The van der Waals surface area contributed by atoms with Crippen LogP contribution in [0.25, 0.3) is 0 Å². The number of esters is 1. The minimum Gasteiger partial charge on any atom is -0.465 e. The van der Waals surface area contributed by atoms with Crippen LogP contribution in [0.5, 0.6) is 0 Å². The number of aromatic nitrogens is 4. The molecule has 1 N–H and O–H groups in total. The van der Waals surface area contributed by atoms with E-state index in [0.717, 1.165) is 12.3 Å². The fourth-order valence-electron chi connectivity index (χ4n) is 4.13. The van der Waals surface area contributed by atoms with E-state index >= 15 is 0 Å². The zero-order chi connectivity index (χ0) is 18.8. The number of hydrogen-bond donors (Lipinski definition) is 1. The van der Waals surface area contributed by atoms with Crippen molar-refractivity contribution in [2.24, 2.45) is 11.8 Å². The summed E-state index contributed by atoms with van der Waals surface area (Å²) in [7, 11) is 1.33. The summed E-state index contributed by atoms with van der Waals surface area (Å²) in [6.07, 6.45) is 4.99. The summed E-state index contributed by atoms with van der Waals surface area (Å²) >= 11 is 1.35. The van der Waals surface area contributed by atoms with Gasteiger partial charge >= 0.3 is 5.97 Å². The molecule has 27 heavy (non-hydrogen) atoms. The zero-order valence-corrected chi connectivity index (χ0v) is 15.8. The lowest BCUT2D eigenvalue weighted by Crippen LogP contribution is -2.19. The Kier molecular flexibility index (Phi) is 5.11. The van der Waals surface area contributed by atoms with Gasteiger partial charge in [0.25, 0.3) is 0 Å². The first-order valence-electron chi connectivity index (χ1n) is 9.03. The molecule has 2 aliphatic rings. The number of ether oxygens (including phenoxy) is 1. The first kappa shape index (κ1) is 18.0. The zero-order valence-electron chi connectivity index (χ0n) is 15.0. The number of hydrogen-bond acceptors (Lipinski definition) is 7. The number of thioether (sulfide) groups is 1. The highest BCUT2D eigenvalue weighted by Crippen LogP contribution is 2.50. The van der Waals surface area contributed by atoms with Crippen molar-refractivity contribution in [1.82, 2.24) is 20.2 Å². The van der Waals surface area contributed by atoms with Gasteiger partial charge in [0.05, 0.1) is 24.5 Å². The van der Waals surface area contributed by atoms with Gasteiger partial charge in [-0.2, -0.15) is 0 Å². The summed E-state index contributed by atoms with van der Waals surface area (Å²) in [4.78, 5) is 23.7. The molecule has 1 aromatic heterocycles. The summed E-state index contributed by atoms with van der Waals surface area (Å²) in [5.74, 6) is 1.14. The second kappa shape index (κ2) is 7.67. The number of nitrogens with one attached hydrogen (secondary N) is 1. The summed E-state index contributed by atoms with van der Waals surface area (Å²) in [5, 5.41) is 15.6. The van der Waals surface area contributed by atoms with E-state index in [2.05, 4.69) is 25.6 Å². The molecule has 2 aliphatic carbocycles. The predicted octanol–water partition coefficient (Wildman–Crippen LogP) is 2.55. The highest BCUT2D eigenvalue weighted by molar-refractivity contribution is 7.99. The van der Waals surface area contributed by atoms with Crippen LogP contribution in [-0.4, -0.2) is 44.9 Å². The van der Waals surface area contributed by atoms with E-state index in [1.807, 2.05) is 4.68 Å². The van der Waals surface area contributed by atoms with Crippen molar-refractivity contribution in [3.8, 4) is 0 Å². The molecule has 2 bridgehead atoms. The van der Waals surface area contributed by atoms with Crippen LogP contribution in [-0.2, 0) is 9.53 Å². The third-order valence-electron chi connectivity index (χ3n) is 5.40. The number of amides is 1. The molecule has 4 rings (SSSR count). The number of methoxy groups -OCH3 is 1. The van der Waals surface area contributed by atoms with Gasteiger partial charge in [0.2, 0.25) is 11.1 Å². The minimum absolute atomic E-state index is 0.145. The molecule has 1 amide bonds. The maximum atomic E-state index is 12.2. The molecule has 0 radical (unpaired) electrons. The van der Waals surface area contributed by atoms with E-state index in [9.17, 15) is 9.59 Å². The summed E-state index contributed by atoms with van der Waals surface area (Å²) < 4.78 is 6.57. The number of carbonyl (C=O) groups is 2. The molecule has 3 unspecified atom stereocenters. The van der Waals surface area contributed by atoms with E-state index in [0.29, 0.717) is 28.4 Å². The third-order valence-corrected chi connectivity index (χ3v) is 6.33. The second-order valence-electron chi connectivity index (χ2n) is 7.05. The Hall–Kier alpha value is -2.42. The number of carbonyl (C=O) groups excluding carboxylic acids is 2. The molecule has 142 valence electrons. The van der Waals surface area contributed by atoms with Crippen LogP contribution in [0.4, 0.5) is 5.69 Å². The van der Waals surface area contributed by atoms with Crippen molar-refractivity contribution in [3.05, 3.63) is 29.8 Å². The summed E-state index contributed by atoms with van der Waals surface area (Å²) in [6.45, 7) is 0. The van der Waals surface area contributed by atoms with Gasteiger partial charge in [-0.15, -0.1) is 5.10 Å². The maximum Gasteiger partial charge on any atom is 0.337 e. The van der Waals surface area contributed by atoms with Crippen molar-refractivity contribution < 1.29 is 14.3 Å². The van der Waals surface area contributed by atoms with Gasteiger partial charge < -0.3 is 10.1 Å². The summed E-state index contributed by atoms with van der Waals surface area (Å²) in [6, 6.07) is 6.95. The largest absolute Gasteiger partial charge is 0.465 e. The van der Waals surface area contributed by atoms with Gasteiger partial charge in [0.1, 0.15) is 0 Å². The molecule has 9 heteroatoms. The number of anilines is 1. The van der Waals surface area contributed by atoms with E-state index in [1.165, 1.54) is 38.1 Å². The van der Waals surface area contributed by atoms with Gasteiger partial charge in [0.15, 0.2) is 0 Å². The lowest BCUT2D eigenvalue weighted by Gasteiger charge is -2.22. The molecule has 1 heterocycles. The Morgan fingerprint density at radius 3 is 2.74 bits per heavy atom. The Balaban J connectivity index is 1.32. The predicted molar refractivity (Wildman–Crippen MR) is 99.4 cm³/mol. The number of benzene rings is 1. The molecule has 3 atom stereocenters. The quantitative estimate of drug-likeness (QED) is 0.601. The molecular formula is C18H21N5O3S. The lowest BCUT2D eigenvalue weighted by atomic mass is 9.96. The van der Waals surface area contributed by atoms with Crippen molar-refractivity contribution in [1.29, 1.82) is 0 Å². The SMILES string of the molecule is COC(=O)c1ccc(NC(=O)CSc2nnnn2C2CC3CCC2C3)cc1. The van der Waals surface area contributed by atoms with Crippen molar-refractivity contribution in [3.63, 3.8) is 0 Å².